The van der Waals surface area contributed by atoms with Crippen LogP contribution in [0.1, 0.15) is 57.4 Å². The third kappa shape index (κ3) is 3.29. The fraction of sp³-hybridized carbons (Fsp3) is 0.500. The molecule has 1 N–H and O–H groups in total. The van der Waals surface area contributed by atoms with E-state index in [-0.39, 0.29) is 11.0 Å². The van der Waals surface area contributed by atoms with E-state index < -0.39 is 0 Å². The number of nitrogens with one attached hydrogen (secondary N) is 1. The number of H-pyrrole nitrogens is 1. The molecule has 3 nitrogen and oxygen atoms in total. The molecule has 0 aliphatic rings. The second-order valence-corrected chi connectivity index (χ2v) is 6.80. The zero-order valence-corrected chi connectivity index (χ0v) is 13.8. The maximum Gasteiger partial charge on any atom is 0.275 e. The fourth-order valence-corrected chi connectivity index (χ4v) is 2.74. The summed E-state index contributed by atoms with van der Waals surface area (Å²) < 4.78 is 1.69. The molecule has 1 heterocycles. The highest BCUT2D eigenvalue weighted by atomic mass is 16.1. The van der Waals surface area contributed by atoms with Crippen molar-refractivity contribution in [1.82, 2.24) is 9.78 Å². The zero-order valence-electron chi connectivity index (χ0n) is 13.8. The summed E-state index contributed by atoms with van der Waals surface area (Å²) >= 11 is 0. The molecule has 21 heavy (non-hydrogen) atoms. The first-order chi connectivity index (χ1) is 9.84. The van der Waals surface area contributed by atoms with Crippen molar-refractivity contribution in [3.8, 4) is 5.69 Å². The molecule has 3 heteroatoms. The summed E-state index contributed by atoms with van der Waals surface area (Å²) in [6.45, 7) is 10.5. The van der Waals surface area contributed by atoms with Gasteiger partial charge in [0.15, 0.2) is 0 Å². The number of hydrogen-bond acceptors (Lipinski definition) is 1. The Morgan fingerprint density at radius 3 is 2.52 bits per heavy atom. The van der Waals surface area contributed by atoms with Crippen LogP contribution in [0.5, 0.6) is 0 Å². The predicted octanol–water partition coefficient (Wildman–Crippen LogP) is 4.11. The fourth-order valence-electron chi connectivity index (χ4n) is 2.74. The molecule has 0 bridgehead atoms. The minimum atomic E-state index is -0.147. The highest BCUT2D eigenvalue weighted by molar-refractivity contribution is 5.37. The normalized spacial score (nSPS) is 11.9. The first-order valence-electron chi connectivity index (χ1n) is 7.76. The minimum absolute atomic E-state index is 0.0826. The lowest BCUT2D eigenvalue weighted by Crippen LogP contribution is -2.25. The topological polar surface area (TPSA) is 37.8 Å². The van der Waals surface area contributed by atoms with Gasteiger partial charge >= 0.3 is 0 Å². The van der Waals surface area contributed by atoms with E-state index in [2.05, 4.69) is 32.8 Å². The highest BCUT2D eigenvalue weighted by Crippen LogP contribution is 2.24. The van der Waals surface area contributed by atoms with Crippen LogP contribution in [0.15, 0.2) is 29.1 Å². The summed E-state index contributed by atoms with van der Waals surface area (Å²) in [6.07, 6.45) is 3.15. The molecule has 0 saturated heterocycles. The van der Waals surface area contributed by atoms with E-state index in [0.717, 1.165) is 41.8 Å². The Morgan fingerprint density at radius 2 is 1.95 bits per heavy atom. The summed E-state index contributed by atoms with van der Waals surface area (Å²) in [5.74, 6) is 0. The SMILES string of the molecule is CCCCc1[nH]n(-c2cccc(C)c2)c(=O)c1C(C)(C)C. The Labute approximate surface area is 127 Å². The Kier molecular flexibility index (Phi) is 4.40. The van der Waals surface area contributed by atoms with E-state index in [1.807, 2.05) is 31.2 Å². The number of unbranched alkanes of at least 4 members (excludes halogenated alkanes) is 1. The number of aromatic amines is 1. The summed E-state index contributed by atoms with van der Waals surface area (Å²) in [4.78, 5) is 12.8. The van der Waals surface area contributed by atoms with Crippen molar-refractivity contribution in [2.75, 3.05) is 0 Å². The van der Waals surface area contributed by atoms with E-state index in [1.165, 1.54) is 0 Å². The molecule has 0 fully saturated rings. The zero-order chi connectivity index (χ0) is 15.6. The first-order valence-corrected chi connectivity index (χ1v) is 7.76. The van der Waals surface area contributed by atoms with Gasteiger partial charge in [-0.3, -0.25) is 9.89 Å². The van der Waals surface area contributed by atoms with Crippen molar-refractivity contribution >= 4 is 0 Å². The van der Waals surface area contributed by atoms with Crippen LogP contribution in [0.2, 0.25) is 0 Å². The molecule has 2 rings (SSSR count). The van der Waals surface area contributed by atoms with E-state index in [4.69, 9.17) is 0 Å². The molecule has 114 valence electrons. The molecule has 0 aliphatic heterocycles. The van der Waals surface area contributed by atoms with Gasteiger partial charge in [0, 0.05) is 11.3 Å². The van der Waals surface area contributed by atoms with E-state index in [0.29, 0.717) is 0 Å². The molecule has 0 unspecified atom stereocenters. The van der Waals surface area contributed by atoms with E-state index in [1.54, 1.807) is 4.68 Å². The van der Waals surface area contributed by atoms with Crippen LogP contribution in [0, 0.1) is 6.92 Å². The van der Waals surface area contributed by atoms with Gasteiger partial charge in [-0.2, -0.15) is 0 Å². The Bertz CT molecular complexity index is 671. The van der Waals surface area contributed by atoms with E-state index in [9.17, 15) is 4.79 Å². The Morgan fingerprint density at radius 1 is 1.24 bits per heavy atom. The number of rotatable bonds is 4. The monoisotopic (exact) mass is 286 g/mol. The molecule has 1 aromatic heterocycles. The molecule has 0 radical (unpaired) electrons. The van der Waals surface area contributed by atoms with Gasteiger partial charge < -0.3 is 0 Å². The predicted molar refractivity (Wildman–Crippen MR) is 88.4 cm³/mol. The molecular weight excluding hydrogens is 260 g/mol. The van der Waals surface area contributed by atoms with Crippen molar-refractivity contribution in [1.29, 1.82) is 0 Å². The molecule has 0 atom stereocenters. The summed E-state index contributed by atoms with van der Waals surface area (Å²) in [5.41, 5.74) is 3.99. The first kappa shape index (κ1) is 15.6. The van der Waals surface area contributed by atoms with Gasteiger partial charge in [-0.05, 0) is 42.9 Å². The quantitative estimate of drug-likeness (QED) is 0.902. The molecule has 1 aromatic carbocycles. The van der Waals surface area contributed by atoms with Crippen molar-refractivity contribution in [3.05, 3.63) is 51.4 Å². The highest BCUT2D eigenvalue weighted by Gasteiger charge is 2.25. The van der Waals surface area contributed by atoms with Crippen molar-refractivity contribution in [2.45, 2.75) is 59.3 Å². The van der Waals surface area contributed by atoms with Gasteiger partial charge in [0.2, 0.25) is 0 Å². The third-order valence-corrected chi connectivity index (χ3v) is 3.76. The van der Waals surface area contributed by atoms with Gasteiger partial charge in [0.25, 0.3) is 5.56 Å². The third-order valence-electron chi connectivity index (χ3n) is 3.76. The smallest absolute Gasteiger partial charge is 0.275 e. The lowest BCUT2D eigenvalue weighted by molar-refractivity contribution is 0.575. The standard InChI is InChI=1S/C18H26N2O/c1-6-7-11-15-16(18(3,4)5)17(21)20(19-15)14-10-8-9-13(2)12-14/h8-10,12,19H,6-7,11H2,1-5H3. The van der Waals surface area contributed by atoms with Crippen LogP contribution in [0.25, 0.3) is 5.69 Å². The van der Waals surface area contributed by atoms with Crippen LogP contribution in [-0.2, 0) is 11.8 Å². The molecule has 0 amide bonds. The maximum atomic E-state index is 12.8. The largest absolute Gasteiger partial charge is 0.295 e. The van der Waals surface area contributed by atoms with Gasteiger partial charge in [0.05, 0.1) is 5.69 Å². The number of hydrogen-bond donors (Lipinski definition) is 1. The van der Waals surface area contributed by atoms with Crippen LogP contribution in [0.4, 0.5) is 0 Å². The van der Waals surface area contributed by atoms with Gasteiger partial charge in [0.1, 0.15) is 0 Å². The maximum absolute atomic E-state index is 12.8. The molecule has 0 saturated carbocycles. The van der Waals surface area contributed by atoms with Gasteiger partial charge in [-0.15, -0.1) is 0 Å². The average molecular weight is 286 g/mol. The Balaban J connectivity index is 2.59. The second-order valence-electron chi connectivity index (χ2n) is 6.80. The molecule has 0 spiro atoms. The number of benzene rings is 1. The van der Waals surface area contributed by atoms with Crippen molar-refractivity contribution in [3.63, 3.8) is 0 Å². The van der Waals surface area contributed by atoms with Gasteiger partial charge in [-0.25, -0.2) is 4.68 Å². The van der Waals surface area contributed by atoms with Crippen LogP contribution in [-0.4, -0.2) is 9.78 Å². The number of aryl methyl sites for hydroxylation is 2. The lowest BCUT2D eigenvalue weighted by atomic mass is 9.86. The van der Waals surface area contributed by atoms with Crippen LogP contribution < -0.4 is 5.56 Å². The number of aromatic nitrogens is 2. The lowest BCUT2D eigenvalue weighted by Gasteiger charge is -2.17. The van der Waals surface area contributed by atoms with E-state index >= 15 is 0 Å². The number of nitrogens with zero attached hydrogens (tertiary/aromatic N) is 1. The minimum Gasteiger partial charge on any atom is -0.295 e. The van der Waals surface area contributed by atoms with Gasteiger partial charge in [-0.1, -0.05) is 46.2 Å². The summed E-state index contributed by atoms with van der Waals surface area (Å²) in [6, 6.07) is 8.04. The summed E-state index contributed by atoms with van der Waals surface area (Å²) in [7, 11) is 0. The average Bonchev–Trinajstić information content (AvgIpc) is 2.73. The summed E-state index contributed by atoms with van der Waals surface area (Å²) in [5, 5.41) is 3.34. The second kappa shape index (κ2) is 5.92. The van der Waals surface area contributed by atoms with Crippen LogP contribution in [0.3, 0.4) is 0 Å². The molecule has 0 aliphatic carbocycles. The van der Waals surface area contributed by atoms with Crippen molar-refractivity contribution < 1.29 is 0 Å². The van der Waals surface area contributed by atoms with Crippen molar-refractivity contribution in [2.24, 2.45) is 0 Å². The molecular formula is C18H26N2O. The Hall–Kier alpha value is -1.77. The molecule has 2 aromatic rings. The van der Waals surface area contributed by atoms with Crippen LogP contribution >= 0.6 is 0 Å².